The Morgan fingerprint density at radius 3 is 2.43 bits per heavy atom. The Morgan fingerprint density at radius 1 is 1.13 bits per heavy atom. The zero-order valence-corrected chi connectivity index (χ0v) is 13.7. The lowest BCUT2D eigenvalue weighted by molar-refractivity contribution is 0.158. The maximum atomic E-state index is 9.78. The van der Waals surface area contributed by atoms with Crippen molar-refractivity contribution in [3.63, 3.8) is 0 Å². The average Bonchev–Trinajstić information content (AvgIpc) is 3.23. The van der Waals surface area contributed by atoms with E-state index in [0.29, 0.717) is 6.04 Å². The van der Waals surface area contributed by atoms with Crippen molar-refractivity contribution in [1.29, 1.82) is 0 Å². The van der Waals surface area contributed by atoms with E-state index in [2.05, 4.69) is 41.3 Å². The van der Waals surface area contributed by atoms with Gasteiger partial charge in [0.2, 0.25) is 0 Å². The van der Waals surface area contributed by atoms with Crippen LogP contribution in [0.4, 0.5) is 0 Å². The molecule has 0 amide bonds. The second-order valence-corrected chi connectivity index (χ2v) is 7.30. The standard InChI is InChI=1S/C19H25N3O/c1-21(18-9-15-11-19(23)12-16(15)10-18)13-14-3-5-17(6-4-14)22-8-2-7-20-22/h2-8,15-16,18-19,23H,9-13H2,1H3/t15-,16+,18?,19?. The Balaban J connectivity index is 1.37. The minimum atomic E-state index is -0.0360. The van der Waals surface area contributed by atoms with Gasteiger partial charge in [0.15, 0.2) is 0 Å². The molecule has 0 aliphatic heterocycles. The number of fused-ring (bicyclic) bond motifs is 1. The largest absolute Gasteiger partial charge is 0.393 e. The maximum Gasteiger partial charge on any atom is 0.0645 e. The van der Waals surface area contributed by atoms with Gasteiger partial charge in [-0.25, -0.2) is 4.68 Å². The highest BCUT2D eigenvalue weighted by Crippen LogP contribution is 2.45. The van der Waals surface area contributed by atoms with Crippen molar-refractivity contribution in [3.05, 3.63) is 48.3 Å². The van der Waals surface area contributed by atoms with E-state index in [-0.39, 0.29) is 6.10 Å². The second-order valence-electron chi connectivity index (χ2n) is 7.30. The smallest absolute Gasteiger partial charge is 0.0645 e. The average molecular weight is 311 g/mol. The normalized spacial score (nSPS) is 30.0. The van der Waals surface area contributed by atoms with Gasteiger partial charge in [-0.05, 0) is 68.3 Å². The molecule has 2 saturated carbocycles. The van der Waals surface area contributed by atoms with Crippen LogP contribution < -0.4 is 0 Å². The number of benzene rings is 1. The van der Waals surface area contributed by atoms with Gasteiger partial charge >= 0.3 is 0 Å². The molecule has 0 saturated heterocycles. The van der Waals surface area contributed by atoms with Crippen molar-refractivity contribution in [3.8, 4) is 5.69 Å². The number of rotatable bonds is 4. The van der Waals surface area contributed by atoms with Crippen LogP contribution in [0, 0.1) is 11.8 Å². The number of aliphatic hydroxyl groups excluding tert-OH is 1. The quantitative estimate of drug-likeness (QED) is 0.944. The molecule has 2 unspecified atom stereocenters. The van der Waals surface area contributed by atoms with E-state index < -0.39 is 0 Å². The molecule has 0 radical (unpaired) electrons. The van der Waals surface area contributed by atoms with Crippen LogP contribution in [-0.4, -0.2) is 39.0 Å². The number of aliphatic hydroxyl groups is 1. The van der Waals surface area contributed by atoms with Gasteiger partial charge in [0.25, 0.3) is 0 Å². The summed E-state index contributed by atoms with van der Waals surface area (Å²) in [4.78, 5) is 2.49. The number of aromatic nitrogens is 2. The minimum Gasteiger partial charge on any atom is -0.393 e. The molecule has 23 heavy (non-hydrogen) atoms. The summed E-state index contributed by atoms with van der Waals surface area (Å²) in [7, 11) is 2.24. The first-order chi connectivity index (χ1) is 11.2. The highest BCUT2D eigenvalue weighted by atomic mass is 16.3. The van der Waals surface area contributed by atoms with Crippen molar-refractivity contribution >= 4 is 0 Å². The summed E-state index contributed by atoms with van der Waals surface area (Å²) >= 11 is 0. The van der Waals surface area contributed by atoms with E-state index in [4.69, 9.17) is 0 Å². The molecule has 2 aliphatic carbocycles. The molecule has 1 heterocycles. The number of nitrogens with zero attached hydrogens (tertiary/aromatic N) is 3. The van der Waals surface area contributed by atoms with Crippen molar-refractivity contribution in [2.75, 3.05) is 7.05 Å². The SMILES string of the molecule is CN(Cc1ccc(-n2cccn2)cc1)C1C[C@H]2CC(O)C[C@H]2C1. The fourth-order valence-corrected chi connectivity index (χ4v) is 4.51. The molecule has 4 nitrogen and oxygen atoms in total. The monoisotopic (exact) mass is 311 g/mol. The molecule has 2 aromatic rings. The third kappa shape index (κ3) is 3.06. The Bertz CT molecular complexity index is 623. The Morgan fingerprint density at radius 2 is 1.83 bits per heavy atom. The predicted octanol–water partition coefficient (Wildman–Crippen LogP) is 2.85. The molecule has 1 N–H and O–H groups in total. The number of hydrogen-bond donors (Lipinski definition) is 1. The highest BCUT2D eigenvalue weighted by Gasteiger charge is 2.42. The summed E-state index contributed by atoms with van der Waals surface area (Å²) in [5.41, 5.74) is 2.45. The van der Waals surface area contributed by atoms with E-state index >= 15 is 0 Å². The molecule has 4 rings (SSSR count). The number of hydrogen-bond acceptors (Lipinski definition) is 3. The van der Waals surface area contributed by atoms with Crippen LogP contribution in [0.5, 0.6) is 0 Å². The lowest BCUT2D eigenvalue weighted by atomic mass is 10.0. The Labute approximate surface area is 137 Å². The van der Waals surface area contributed by atoms with Crippen molar-refractivity contribution in [2.24, 2.45) is 11.8 Å². The zero-order chi connectivity index (χ0) is 15.8. The van der Waals surface area contributed by atoms with Gasteiger partial charge in [-0.1, -0.05) is 12.1 Å². The van der Waals surface area contributed by atoms with Gasteiger partial charge in [-0.15, -0.1) is 0 Å². The summed E-state index contributed by atoms with van der Waals surface area (Å²) in [6, 6.07) is 11.3. The van der Waals surface area contributed by atoms with Gasteiger partial charge in [0.05, 0.1) is 11.8 Å². The van der Waals surface area contributed by atoms with E-state index in [1.165, 1.54) is 18.4 Å². The van der Waals surface area contributed by atoms with Gasteiger partial charge in [0, 0.05) is 25.0 Å². The van der Waals surface area contributed by atoms with Crippen LogP contribution in [-0.2, 0) is 6.54 Å². The molecular formula is C19H25N3O. The molecular weight excluding hydrogens is 286 g/mol. The topological polar surface area (TPSA) is 41.3 Å². The van der Waals surface area contributed by atoms with Crippen LogP contribution in [0.2, 0.25) is 0 Å². The van der Waals surface area contributed by atoms with Gasteiger partial charge in [-0.2, -0.15) is 5.10 Å². The zero-order valence-electron chi connectivity index (χ0n) is 13.7. The third-order valence-electron chi connectivity index (χ3n) is 5.73. The lowest BCUT2D eigenvalue weighted by Crippen LogP contribution is -2.29. The lowest BCUT2D eigenvalue weighted by Gasteiger charge is -2.25. The fourth-order valence-electron chi connectivity index (χ4n) is 4.51. The molecule has 1 aromatic heterocycles. The molecule has 2 aliphatic rings. The van der Waals surface area contributed by atoms with Gasteiger partial charge in [0.1, 0.15) is 0 Å². The van der Waals surface area contributed by atoms with Crippen LogP contribution in [0.15, 0.2) is 42.7 Å². The second kappa shape index (κ2) is 6.10. The molecule has 0 spiro atoms. The van der Waals surface area contributed by atoms with Crippen molar-refractivity contribution < 1.29 is 5.11 Å². The van der Waals surface area contributed by atoms with Crippen LogP contribution in [0.3, 0.4) is 0 Å². The highest BCUT2D eigenvalue weighted by molar-refractivity contribution is 5.33. The molecule has 4 heteroatoms. The van der Waals surface area contributed by atoms with Crippen LogP contribution in [0.25, 0.3) is 5.69 Å². The molecule has 4 atom stereocenters. The van der Waals surface area contributed by atoms with E-state index in [1.54, 1.807) is 6.20 Å². The molecule has 122 valence electrons. The maximum absolute atomic E-state index is 9.78. The summed E-state index contributed by atoms with van der Waals surface area (Å²) in [5, 5.41) is 14.0. The first-order valence-electron chi connectivity index (χ1n) is 8.66. The van der Waals surface area contributed by atoms with Crippen molar-refractivity contribution in [2.45, 2.75) is 44.4 Å². The fraction of sp³-hybridized carbons (Fsp3) is 0.526. The Kier molecular flexibility index (Phi) is 3.95. The van der Waals surface area contributed by atoms with Crippen LogP contribution >= 0.6 is 0 Å². The third-order valence-corrected chi connectivity index (χ3v) is 5.73. The van der Waals surface area contributed by atoms with Gasteiger partial charge < -0.3 is 5.11 Å². The predicted molar refractivity (Wildman–Crippen MR) is 90.3 cm³/mol. The minimum absolute atomic E-state index is 0.0360. The molecule has 0 bridgehead atoms. The summed E-state index contributed by atoms with van der Waals surface area (Å²) < 4.78 is 1.89. The van der Waals surface area contributed by atoms with Crippen molar-refractivity contribution in [1.82, 2.24) is 14.7 Å². The van der Waals surface area contributed by atoms with Gasteiger partial charge in [-0.3, -0.25) is 4.90 Å². The summed E-state index contributed by atoms with van der Waals surface area (Å²) in [6.07, 6.45) is 8.28. The molecule has 1 aromatic carbocycles. The summed E-state index contributed by atoms with van der Waals surface area (Å²) in [5.74, 6) is 1.50. The first kappa shape index (κ1) is 14.9. The van der Waals surface area contributed by atoms with E-state index in [9.17, 15) is 5.11 Å². The van der Waals surface area contributed by atoms with E-state index in [1.807, 2.05) is 16.9 Å². The van der Waals surface area contributed by atoms with Crippen LogP contribution in [0.1, 0.15) is 31.2 Å². The van der Waals surface area contributed by atoms with E-state index in [0.717, 1.165) is 36.9 Å². The Hall–Kier alpha value is -1.65. The first-order valence-corrected chi connectivity index (χ1v) is 8.66. The molecule has 2 fully saturated rings. The summed E-state index contributed by atoms with van der Waals surface area (Å²) in [6.45, 7) is 0.992.